The summed E-state index contributed by atoms with van der Waals surface area (Å²) in [5.74, 6) is -1.38. The largest absolute Gasteiger partial charge is 0.299 e. The molecule has 19 heavy (non-hydrogen) atoms. The number of aryl methyl sites for hydroxylation is 1. The zero-order valence-corrected chi connectivity index (χ0v) is 10.6. The lowest BCUT2D eigenvalue weighted by atomic mass is 9.99. The summed E-state index contributed by atoms with van der Waals surface area (Å²) < 4.78 is 26.2. The van der Waals surface area contributed by atoms with Crippen molar-refractivity contribution in [2.24, 2.45) is 0 Å². The first-order chi connectivity index (χ1) is 9.06. The van der Waals surface area contributed by atoms with Crippen molar-refractivity contribution in [3.8, 4) is 0 Å². The molecular weight excluding hydrogens is 246 g/mol. The number of ketones is 1. The third-order valence-electron chi connectivity index (χ3n) is 3.05. The van der Waals surface area contributed by atoms with E-state index >= 15 is 0 Å². The van der Waals surface area contributed by atoms with Crippen LogP contribution in [-0.2, 0) is 17.6 Å². The van der Waals surface area contributed by atoms with E-state index in [9.17, 15) is 13.6 Å². The Kier molecular flexibility index (Phi) is 4.05. The van der Waals surface area contributed by atoms with Gasteiger partial charge in [0.15, 0.2) is 0 Å². The Labute approximate surface area is 110 Å². The maximum atomic E-state index is 13.4. The Morgan fingerprint density at radius 1 is 1.00 bits per heavy atom. The van der Waals surface area contributed by atoms with E-state index in [0.717, 1.165) is 17.2 Å². The Morgan fingerprint density at radius 3 is 2.37 bits per heavy atom. The zero-order valence-electron chi connectivity index (χ0n) is 10.6. The summed E-state index contributed by atoms with van der Waals surface area (Å²) in [5, 5.41) is 0. The second kappa shape index (κ2) is 5.74. The maximum absolute atomic E-state index is 13.4. The first kappa shape index (κ1) is 13.4. The van der Waals surface area contributed by atoms with E-state index in [1.165, 1.54) is 12.1 Å². The van der Waals surface area contributed by atoms with Gasteiger partial charge in [-0.3, -0.25) is 4.79 Å². The molecule has 0 aromatic heterocycles. The highest BCUT2D eigenvalue weighted by Gasteiger charge is 2.10. The fourth-order valence-electron chi connectivity index (χ4n) is 1.96. The van der Waals surface area contributed by atoms with Gasteiger partial charge in [-0.05, 0) is 29.7 Å². The summed E-state index contributed by atoms with van der Waals surface area (Å²) in [6, 6.07) is 10.9. The van der Waals surface area contributed by atoms with Crippen molar-refractivity contribution in [3.63, 3.8) is 0 Å². The van der Waals surface area contributed by atoms with Crippen molar-refractivity contribution in [2.45, 2.75) is 19.8 Å². The summed E-state index contributed by atoms with van der Waals surface area (Å²) in [6.45, 7) is 1.93. The molecule has 0 fully saturated rings. The SMILES string of the molecule is Cc1ccccc1CC(=O)Cc1ccc(F)cc1F. The van der Waals surface area contributed by atoms with Crippen LogP contribution in [0, 0.1) is 18.6 Å². The van der Waals surface area contributed by atoms with E-state index in [2.05, 4.69) is 0 Å². The molecule has 98 valence electrons. The Bertz CT molecular complexity index is 605. The lowest BCUT2D eigenvalue weighted by molar-refractivity contribution is -0.117. The molecule has 0 amide bonds. The van der Waals surface area contributed by atoms with E-state index in [1.807, 2.05) is 31.2 Å². The van der Waals surface area contributed by atoms with Crippen molar-refractivity contribution in [1.29, 1.82) is 0 Å². The monoisotopic (exact) mass is 260 g/mol. The van der Waals surface area contributed by atoms with Crippen molar-refractivity contribution >= 4 is 5.78 Å². The van der Waals surface area contributed by atoms with Crippen LogP contribution < -0.4 is 0 Å². The third kappa shape index (κ3) is 3.47. The van der Waals surface area contributed by atoms with E-state index < -0.39 is 11.6 Å². The lowest BCUT2D eigenvalue weighted by Crippen LogP contribution is -2.09. The van der Waals surface area contributed by atoms with Gasteiger partial charge in [0.05, 0.1) is 0 Å². The molecule has 0 saturated heterocycles. The number of hydrogen-bond acceptors (Lipinski definition) is 1. The van der Waals surface area contributed by atoms with Crippen molar-refractivity contribution < 1.29 is 13.6 Å². The van der Waals surface area contributed by atoms with Crippen LogP contribution in [0.5, 0.6) is 0 Å². The molecule has 0 spiro atoms. The van der Waals surface area contributed by atoms with E-state index in [0.29, 0.717) is 0 Å². The van der Waals surface area contributed by atoms with E-state index in [4.69, 9.17) is 0 Å². The predicted octanol–water partition coefficient (Wildman–Crippen LogP) is 3.63. The highest BCUT2D eigenvalue weighted by Crippen LogP contribution is 2.13. The van der Waals surface area contributed by atoms with Crippen molar-refractivity contribution in [3.05, 3.63) is 70.8 Å². The molecule has 0 aliphatic heterocycles. The lowest BCUT2D eigenvalue weighted by Gasteiger charge is -2.06. The molecule has 0 atom stereocenters. The molecule has 0 N–H and O–H groups in total. The summed E-state index contributed by atoms with van der Waals surface area (Å²) in [7, 11) is 0. The Hall–Kier alpha value is -2.03. The molecule has 0 bridgehead atoms. The second-order valence-corrected chi connectivity index (χ2v) is 4.55. The maximum Gasteiger partial charge on any atom is 0.141 e. The minimum atomic E-state index is -0.668. The molecule has 0 heterocycles. The van der Waals surface area contributed by atoms with E-state index in [1.54, 1.807) is 0 Å². The summed E-state index contributed by atoms with van der Waals surface area (Å²) in [6.07, 6.45) is 0.254. The van der Waals surface area contributed by atoms with Gasteiger partial charge in [0.2, 0.25) is 0 Å². The van der Waals surface area contributed by atoms with E-state index in [-0.39, 0.29) is 24.2 Å². The minimum absolute atomic E-state index is 0.0134. The van der Waals surface area contributed by atoms with Gasteiger partial charge >= 0.3 is 0 Å². The highest BCUT2D eigenvalue weighted by atomic mass is 19.1. The molecular formula is C16H14F2O. The molecule has 0 aliphatic carbocycles. The number of halogens is 2. The standard InChI is InChI=1S/C16H14F2O/c1-11-4-2-3-5-12(11)8-15(19)9-13-6-7-14(17)10-16(13)18/h2-7,10H,8-9H2,1H3. The normalized spacial score (nSPS) is 10.5. The summed E-state index contributed by atoms with van der Waals surface area (Å²) in [5.41, 5.74) is 2.21. The number of carbonyl (C=O) groups excluding carboxylic acids is 1. The molecule has 0 unspecified atom stereocenters. The second-order valence-electron chi connectivity index (χ2n) is 4.55. The topological polar surface area (TPSA) is 17.1 Å². The number of hydrogen-bond donors (Lipinski definition) is 0. The fraction of sp³-hybridized carbons (Fsp3) is 0.188. The molecule has 1 nitrogen and oxygen atoms in total. The van der Waals surface area contributed by atoms with Gasteiger partial charge < -0.3 is 0 Å². The van der Waals surface area contributed by atoms with Crippen LogP contribution in [0.3, 0.4) is 0 Å². The smallest absolute Gasteiger partial charge is 0.141 e. The quantitative estimate of drug-likeness (QED) is 0.820. The fourth-order valence-corrected chi connectivity index (χ4v) is 1.96. The van der Waals surface area contributed by atoms with Gasteiger partial charge in [-0.15, -0.1) is 0 Å². The number of carbonyl (C=O) groups is 1. The Balaban J connectivity index is 2.08. The molecule has 0 saturated carbocycles. The van der Waals surface area contributed by atoms with Crippen molar-refractivity contribution in [2.75, 3.05) is 0 Å². The molecule has 3 heteroatoms. The first-order valence-electron chi connectivity index (χ1n) is 6.06. The molecule has 2 aromatic carbocycles. The molecule has 2 aromatic rings. The van der Waals surface area contributed by atoms with Gasteiger partial charge in [-0.25, -0.2) is 8.78 Å². The van der Waals surface area contributed by atoms with Crippen LogP contribution in [-0.4, -0.2) is 5.78 Å². The van der Waals surface area contributed by atoms with Gasteiger partial charge in [-0.2, -0.15) is 0 Å². The number of Topliss-reactive ketones (excluding diaryl/α,β-unsaturated/α-hetero) is 1. The summed E-state index contributed by atoms with van der Waals surface area (Å²) in [4.78, 5) is 11.9. The highest BCUT2D eigenvalue weighted by molar-refractivity contribution is 5.83. The molecule has 0 aliphatic rings. The van der Waals surface area contributed by atoms with Gasteiger partial charge in [0.25, 0.3) is 0 Å². The number of benzene rings is 2. The van der Waals surface area contributed by atoms with Gasteiger partial charge in [0.1, 0.15) is 17.4 Å². The van der Waals surface area contributed by atoms with Crippen LogP contribution in [0.25, 0.3) is 0 Å². The molecule has 0 radical (unpaired) electrons. The zero-order chi connectivity index (χ0) is 13.8. The number of rotatable bonds is 4. The van der Waals surface area contributed by atoms with Crippen LogP contribution >= 0.6 is 0 Å². The van der Waals surface area contributed by atoms with Gasteiger partial charge in [-0.1, -0.05) is 30.3 Å². The summed E-state index contributed by atoms with van der Waals surface area (Å²) >= 11 is 0. The average Bonchev–Trinajstić information content (AvgIpc) is 2.36. The van der Waals surface area contributed by atoms with Crippen LogP contribution in [0.15, 0.2) is 42.5 Å². The Morgan fingerprint density at radius 2 is 1.68 bits per heavy atom. The van der Waals surface area contributed by atoms with Crippen molar-refractivity contribution in [1.82, 2.24) is 0 Å². The molecule has 2 rings (SSSR count). The van der Waals surface area contributed by atoms with Crippen LogP contribution in [0.4, 0.5) is 8.78 Å². The third-order valence-corrected chi connectivity index (χ3v) is 3.05. The van der Waals surface area contributed by atoms with Crippen LogP contribution in [0.2, 0.25) is 0 Å². The van der Waals surface area contributed by atoms with Crippen LogP contribution in [0.1, 0.15) is 16.7 Å². The minimum Gasteiger partial charge on any atom is -0.299 e. The predicted molar refractivity (Wildman–Crippen MR) is 70.0 cm³/mol. The average molecular weight is 260 g/mol. The van der Waals surface area contributed by atoms with Gasteiger partial charge in [0, 0.05) is 18.9 Å². The first-order valence-corrected chi connectivity index (χ1v) is 6.06.